The van der Waals surface area contributed by atoms with Crippen LogP contribution in [-0.4, -0.2) is 17.4 Å². The van der Waals surface area contributed by atoms with E-state index in [2.05, 4.69) is 4.98 Å². The fourth-order valence-electron chi connectivity index (χ4n) is 1.55. The molecule has 1 aromatic carbocycles. The van der Waals surface area contributed by atoms with Gasteiger partial charge in [-0.05, 0) is 37.6 Å². The van der Waals surface area contributed by atoms with Crippen molar-refractivity contribution in [3.63, 3.8) is 0 Å². The average Bonchev–Trinajstić information content (AvgIpc) is 2.26. The maximum absolute atomic E-state index is 10.8. The third kappa shape index (κ3) is 2.19. The summed E-state index contributed by atoms with van der Waals surface area (Å²) in [7, 11) is 0. The molecule has 2 rings (SSSR count). The molecular formula is C13H13NO2. The van der Waals surface area contributed by atoms with E-state index in [0.717, 1.165) is 10.9 Å². The van der Waals surface area contributed by atoms with E-state index in [9.17, 15) is 4.79 Å². The zero-order valence-electron chi connectivity index (χ0n) is 9.36. The standard InChI is InChI=1S/C13H13NO2/c1-9-5-6-14-13-7-11(3-4-12(9)13)16-8-10(2)15/h3-7H,8H2,1-2H3. The summed E-state index contributed by atoms with van der Waals surface area (Å²) in [5.74, 6) is 0.693. The van der Waals surface area contributed by atoms with E-state index in [-0.39, 0.29) is 12.4 Å². The van der Waals surface area contributed by atoms with Gasteiger partial charge in [0.15, 0.2) is 5.78 Å². The first-order valence-corrected chi connectivity index (χ1v) is 5.14. The Morgan fingerprint density at radius 3 is 2.94 bits per heavy atom. The molecule has 2 aromatic rings. The van der Waals surface area contributed by atoms with E-state index in [1.165, 1.54) is 12.5 Å². The fourth-order valence-corrected chi connectivity index (χ4v) is 1.55. The molecule has 0 spiro atoms. The van der Waals surface area contributed by atoms with Crippen molar-refractivity contribution in [3.8, 4) is 5.75 Å². The van der Waals surface area contributed by atoms with E-state index in [4.69, 9.17) is 4.74 Å². The number of fused-ring (bicyclic) bond motifs is 1. The number of rotatable bonds is 3. The normalized spacial score (nSPS) is 10.4. The molecule has 1 aromatic heterocycles. The Morgan fingerprint density at radius 1 is 1.38 bits per heavy atom. The molecule has 0 fully saturated rings. The molecule has 3 heteroatoms. The molecule has 82 valence electrons. The summed E-state index contributed by atoms with van der Waals surface area (Å²) in [6.45, 7) is 3.65. The Balaban J connectivity index is 2.33. The summed E-state index contributed by atoms with van der Waals surface area (Å²) >= 11 is 0. The molecule has 0 amide bonds. The van der Waals surface area contributed by atoms with Crippen LogP contribution in [0.5, 0.6) is 5.75 Å². The molecule has 0 N–H and O–H groups in total. The third-order valence-corrected chi connectivity index (χ3v) is 2.37. The summed E-state index contributed by atoms with van der Waals surface area (Å²) in [5.41, 5.74) is 2.07. The second-order valence-corrected chi connectivity index (χ2v) is 3.80. The summed E-state index contributed by atoms with van der Waals surface area (Å²) in [6, 6.07) is 7.65. The Morgan fingerprint density at radius 2 is 2.19 bits per heavy atom. The van der Waals surface area contributed by atoms with Gasteiger partial charge >= 0.3 is 0 Å². The summed E-state index contributed by atoms with van der Waals surface area (Å²) < 4.78 is 5.33. The third-order valence-electron chi connectivity index (χ3n) is 2.37. The number of hydrogen-bond acceptors (Lipinski definition) is 3. The zero-order valence-corrected chi connectivity index (χ0v) is 9.36. The predicted molar refractivity (Wildman–Crippen MR) is 62.7 cm³/mol. The number of carbonyl (C=O) groups is 1. The van der Waals surface area contributed by atoms with E-state index in [1.807, 2.05) is 31.2 Å². The molecular weight excluding hydrogens is 202 g/mol. The highest BCUT2D eigenvalue weighted by atomic mass is 16.5. The topological polar surface area (TPSA) is 39.2 Å². The van der Waals surface area contributed by atoms with E-state index in [1.54, 1.807) is 6.20 Å². The van der Waals surface area contributed by atoms with Gasteiger partial charge in [0.2, 0.25) is 0 Å². The maximum atomic E-state index is 10.8. The fraction of sp³-hybridized carbons (Fsp3) is 0.231. The second-order valence-electron chi connectivity index (χ2n) is 3.80. The molecule has 3 nitrogen and oxygen atoms in total. The van der Waals surface area contributed by atoms with Crippen molar-refractivity contribution in [2.24, 2.45) is 0 Å². The molecule has 0 unspecified atom stereocenters. The summed E-state index contributed by atoms with van der Waals surface area (Å²) in [4.78, 5) is 15.1. The molecule has 0 atom stereocenters. The highest BCUT2D eigenvalue weighted by Gasteiger charge is 2.01. The molecule has 1 heterocycles. The lowest BCUT2D eigenvalue weighted by atomic mass is 10.1. The number of nitrogens with zero attached hydrogens (tertiary/aromatic N) is 1. The lowest BCUT2D eigenvalue weighted by Gasteiger charge is -2.06. The van der Waals surface area contributed by atoms with Gasteiger partial charge in [-0.2, -0.15) is 0 Å². The monoisotopic (exact) mass is 215 g/mol. The molecule has 0 radical (unpaired) electrons. The SMILES string of the molecule is CC(=O)COc1ccc2c(C)ccnc2c1. The Labute approximate surface area is 94.1 Å². The van der Waals surface area contributed by atoms with Crippen LogP contribution in [0, 0.1) is 6.92 Å². The van der Waals surface area contributed by atoms with Crippen molar-refractivity contribution < 1.29 is 9.53 Å². The van der Waals surface area contributed by atoms with Crippen LogP contribution in [0.2, 0.25) is 0 Å². The Hall–Kier alpha value is -1.90. The smallest absolute Gasteiger partial charge is 0.167 e. The van der Waals surface area contributed by atoms with Crippen molar-refractivity contribution in [1.29, 1.82) is 0 Å². The molecule has 0 aliphatic rings. The highest BCUT2D eigenvalue weighted by molar-refractivity contribution is 5.83. The van der Waals surface area contributed by atoms with Crippen LogP contribution in [-0.2, 0) is 4.79 Å². The lowest BCUT2D eigenvalue weighted by Crippen LogP contribution is -2.06. The number of benzene rings is 1. The number of ether oxygens (including phenoxy) is 1. The van der Waals surface area contributed by atoms with E-state index >= 15 is 0 Å². The van der Waals surface area contributed by atoms with Gasteiger partial charge in [-0.25, -0.2) is 0 Å². The largest absolute Gasteiger partial charge is 0.486 e. The lowest BCUT2D eigenvalue weighted by molar-refractivity contribution is -0.118. The van der Waals surface area contributed by atoms with E-state index in [0.29, 0.717) is 5.75 Å². The molecule has 0 saturated heterocycles. The molecule has 0 aliphatic heterocycles. The second kappa shape index (κ2) is 4.31. The van der Waals surface area contributed by atoms with Gasteiger partial charge in [0, 0.05) is 17.6 Å². The first-order chi connectivity index (χ1) is 7.66. The van der Waals surface area contributed by atoms with Crippen LogP contribution >= 0.6 is 0 Å². The number of ketones is 1. The number of hydrogen-bond donors (Lipinski definition) is 0. The zero-order chi connectivity index (χ0) is 11.5. The van der Waals surface area contributed by atoms with Gasteiger partial charge in [-0.1, -0.05) is 0 Å². The predicted octanol–water partition coefficient (Wildman–Crippen LogP) is 2.51. The summed E-state index contributed by atoms with van der Waals surface area (Å²) in [5, 5.41) is 1.11. The Kier molecular flexibility index (Phi) is 2.86. The van der Waals surface area contributed by atoms with Gasteiger partial charge in [0.25, 0.3) is 0 Å². The van der Waals surface area contributed by atoms with Gasteiger partial charge in [0.05, 0.1) is 5.52 Å². The molecule has 0 bridgehead atoms. The van der Waals surface area contributed by atoms with Gasteiger partial charge < -0.3 is 4.74 Å². The first-order valence-electron chi connectivity index (χ1n) is 5.14. The maximum Gasteiger partial charge on any atom is 0.167 e. The summed E-state index contributed by atoms with van der Waals surface area (Å²) in [6.07, 6.45) is 1.77. The average molecular weight is 215 g/mol. The van der Waals surface area contributed by atoms with Crippen LogP contribution in [0.3, 0.4) is 0 Å². The van der Waals surface area contributed by atoms with Crippen molar-refractivity contribution >= 4 is 16.7 Å². The quantitative estimate of drug-likeness (QED) is 0.789. The van der Waals surface area contributed by atoms with Crippen molar-refractivity contribution in [2.75, 3.05) is 6.61 Å². The number of aromatic nitrogens is 1. The van der Waals surface area contributed by atoms with Gasteiger partial charge in [-0.15, -0.1) is 0 Å². The van der Waals surface area contributed by atoms with Crippen LogP contribution in [0.15, 0.2) is 30.5 Å². The number of pyridine rings is 1. The van der Waals surface area contributed by atoms with Gasteiger partial charge in [0.1, 0.15) is 12.4 Å². The first kappa shape index (κ1) is 10.6. The van der Waals surface area contributed by atoms with Gasteiger partial charge in [-0.3, -0.25) is 9.78 Å². The number of aryl methyl sites for hydroxylation is 1. The van der Waals surface area contributed by atoms with Crippen molar-refractivity contribution in [3.05, 3.63) is 36.0 Å². The van der Waals surface area contributed by atoms with E-state index < -0.39 is 0 Å². The number of Topliss-reactive ketones (excluding diaryl/α,β-unsaturated/α-hetero) is 1. The van der Waals surface area contributed by atoms with Crippen molar-refractivity contribution in [2.45, 2.75) is 13.8 Å². The molecule has 0 aliphatic carbocycles. The van der Waals surface area contributed by atoms with Crippen LogP contribution < -0.4 is 4.74 Å². The minimum absolute atomic E-state index is 0.0114. The minimum Gasteiger partial charge on any atom is -0.486 e. The Bertz CT molecular complexity index is 534. The highest BCUT2D eigenvalue weighted by Crippen LogP contribution is 2.21. The molecule has 16 heavy (non-hydrogen) atoms. The van der Waals surface area contributed by atoms with Crippen LogP contribution in [0.25, 0.3) is 10.9 Å². The minimum atomic E-state index is 0.0114. The van der Waals surface area contributed by atoms with Crippen LogP contribution in [0.1, 0.15) is 12.5 Å². The number of carbonyl (C=O) groups excluding carboxylic acids is 1. The molecule has 0 saturated carbocycles. The van der Waals surface area contributed by atoms with Crippen LogP contribution in [0.4, 0.5) is 0 Å². The van der Waals surface area contributed by atoms with Crippen molar-refractivity contribution in [1.82, 2.24) is 4.98 Å².